The molecule has 0 heterocycles. The highest BCUT2D eigenvalue weighted by atomic mass is 35.5. The molecule has 0 aromatic heterocycles. The molecule has 0 fully saturated rings. The van der Waals surface area contributed by atoms with Gasteiger partial charge in [-0.05, 0) is 18.2 Å². The van der Waals surface area contributed by atoms with Crippen LogP contribution < -0.4 is 5.73 Å². The van der Waals surface area contributed by atoms with E-state index in [4.69, 9.17) is 17.3 Å². The predicted molar refractivity (Wildman–Crippen MR) is 59.6 cm³/mol. The summed E-state index contributed by atoms with van der Waals surface area (Å²) in [6, 6.07) is 4.97. The van der Waals surface area contributed by atoms with Crippen LogP contribution in [-0.4, -0.2) is 5.78 Å². The van der Waals surface area contributed by atoms with Gasteiger partial charge in [0.2, 0.25) is 0 Å². The topological polar surface area (TPSA) is 43.1 Å². The molecule has 0 aliphatic heterocycles. The van der Waals surface area contributed by atoms with Crippen molar-refractivity contribution in [3.8, 4) is 0 Å². The number of anilines is 1. The summed E-state index contributed by atoms with van der Waals surface area (Å²) in [6.45, 7) is 5.62. The van der Waals surface area contributed by atoms with Crippen LogP contribution >= 0.6 is 11.6 Å². The largest absolute Gasteiger partial charge is 0.398 e. The molecule has 76 valence electrons. The highest BCUT2D eigenvalue weighted by molar-refractivity contribution is 6.33. The molecular formula is C11H14ClNO. The third kappa shape index (κ3) is 2.26. The average Bonchev–Trinajstić information content (AvgIpc) is 2.07. The monoisotopic (exact) mass is 211 g/mol. The van der Waals surface area contributed by atoms with Crippen molar-refractivity contribution in [3.05, 3.63) is 28.8 Å². The standard InChI is InChI=1S/C11H14ClNO/c1-11(2,3)10(14)7-4-5-9(13)8(12)6-7/h4-6H,13H2,1-3H3. The average molecular weight is 212 g/mol. The minimum absolute atomic E-state index is 0.0689. The molecule has 2 nitrogen and oxygen atoms in total. The maximum absolute atomic E-state index is 11.8. The van der Waals surface area contributed by atoms with Gasteiger partial charge in [0.1, 0.15) is 0 Å². The maximum Gasteiger partial charge on any atom is 0.168 e. The fraction of sp³-hybridized carbons (Fsp3) is 0.364. The van der Waals surface area contributed by atoms with Gasteiger partial charge in [-0.15, -0.1) is 0 Å². The second kappa shape index (κ2) is 3.62. The van der Waals surface area contributed by atoms with E-state index in [2.05, 4.69) is 0 Å². The van der Waals surface area contributed by atoms with Gasteiger partial charge in [0.05, 0.1) is 10.7 Å². The first kappa shape index (κ1) is 11.1. The summed E-state index contributed by atoms with van der Waals surface area (Å²) in [7, 11) is 0. The highest BCUT2D eigenvalue weighted by Crippen LogP contribution is 2.25. The van der Waals surface area contributed by atoms with Gasteiger partial charge in [-0.25, -0.2) is 0 Å². The first-order valence-corrected chi connectivity index (χ1v) is 4.80. The molecule has 0 radical (unpaired) electrons. The summed E-state index contributed by atoms with van der Waals surface area (Å²) in [5.41, 5.74) is 6.27. The van der Waals surface area contributed by atoms with E-state index in [1.165, 1.54) is 0 Å². The Kier molecular flexibility index (Phi) is 2.86. The van der Waals surface area contributed by atoms with E-state index >= 15 is 0 Å². The van der Waals surface area contributed by atoms with Crippen molar-refractivity contribution in [2.24, 2.45) is 5.41 Å². The van der Waals surface area contributed by atoms with Gasteiger partial charge in [0, 0.05) is 11.0 Å². The highest BCUT2D eigenvalue weighted by Gasteiger charge is 2.22. The molecular weight excluding hydrogens is 198 g/mol. The van der Waals surface area contributed by atoms with Crippen molar-refractivity contribution in [2.45, 2.75) is 20.8 Å². The molecule has 0 atom stereocenters. The molecule has 0 saturated heterocycles. The fourth-order valence-electron chi connectivity index (χ4n) is 1.10. The lowest BCUT2D eigenvalue weighted by molar-refractivity contribution is 0.0858. The summed E-state index contributed by atoms with van der Waals surface area (Å²) >= 11 is 5.83. The van der Waals surface area contributed by atoms with E-state index < -0.39 is 0 Å². The van der Waals surface area contributed by atoms with E-state index in [0.717, 1.165) is 0 Å². The Labute approximate surface area is 89.1 Å². The molecule has 2 N–H and O–H groups in total. The van der Waals surface area contributed by atoms with Gasteiger partial charge < -0.3 is 5.73 Å². The second-order valence-electron chi connectivity index (χ2n) is 4.32. The Balaban J connectivity index is 3.10. The number of hydrogen-bond acceptors (Lipinski definition) is 2. The van der Waals surface area contributed by atoms with Crippen molar-refractivity contribution < 1.29 is 4.79 Å². The van der Waals surface area contributed by atoms with Crippen molar-refractivity contribution in [2.75, 3.05) is 5.73 Å². The smallest absolute Gasteiger partial charge is 0.168 e. The lowest BCUT2D eigenvalue weighted by atomic mass is 9.86. The first-order valence-electron chi connectivity index (χ1n) is 4.42. The number of nitrogen functional groups attached to an aromatic ring is 1. The van der Waals surface area contributed by atoms with Gasteiger partial charge >= 0.3 is 0 Å². The van der Waals surface area contributed by atoms with Crippen LogP contribution in [0.2, 0.25) is 5.02 Å². The number of carbonyl (C=O) groups is 1. The van der Waals surface area contributed by atoms with Gasteiger partial charge in [-0.3, -0.25) is 4.79 Å². The number of benzene rings is 1. The van der Waals surface area contributed by atoms with Crippen LogP contribution in [0.25, 0.3) is 0 Å². The zero-order valence-electron chi connectivity index (χ0n) is 8.60. The molecule has 0 bridgehead atoms. The lowest BCUT2D eigenvalue weighted by Gasteiger charge is -2.16. The molecule has 1 rings (SSSR count). The van der Waals surface area contributed by atoms with E-state index in [-0.39, 0.29) is 11.2 Å². The number of nitrogens with two attached hydrogens (primary N) is 1. The minimum Gasteiger partial charge on any atom is -0.398 e. The van der Waals surface area contributed by atoms with Gasteiger partial charge in [0.15, 0.2) is 5.78 Å². The van der Waals surface area contributed by atoms with Crippen LogP contribution in [0, 0.1) is 5.41 Å². The number of ketones is 1. The van der Waals surface area contributed by atoms with Gasteiger partial charge in [-0.2, -0.15) is 0 Å². The van der Waals surface area contributed by atoms with E-state index in [1.54, 1.807) is 18.2 Å². The molecule has 0 amide bonds. The Morgan fingerprint density at radius 3 is 2.36 bits per heavy atom. The van der Waals surface area contributed by atoms with Gasteiger partial charge in [-0.1, -0.05) is 32.4 Å². The van der Waals surface area contributed by atoms with Crippen LogP contribution in [0.3, 0.4) is 0 Å². The van der Waals surface area contributed by atoms with E-state index in [1.807, 2.05) is 20.8 Å². The fourth-order valence-corrected chi connectivity index (χ4v) is 1.28. The van der Waals surface area contributed by atoms with Crippen LogP contribution in [0.15, 0.2) is 18.2 Å². The number of hydrogen-bond donors (Lipinski definition) is 1. The van der Waals surface area contributed by atoms with Crippen LogP contribution in [-0.2, 0) is 0 Å². The number of halogens is 1. The number of carbonyl (C=O) groups excluding carboxylic acids is 1. The van der Waals surface area contributed by atoms with E-state index in [9.17, 15) is 4.79 Å². The Morgan fingerprint density at radius 1 is 1.36 bits per heavy atom. The maximum atomic E-state index is 11.8. The number of Topliss-reactive ketones (excluding diaryl/α,β-unsaturated/α-hetero) is 1. The second-order valence-corrected chi connectivity index (χ2v) is 4.72. The summed E-state index contributed by atoms with van der Waals surface area (Å²) in [6.07, 6.45) is 0. The van der Waals surface area contributed by atoms with Crippen molar-refractivity contribution in [3.63, 3.8) is 0 Å². The Morgan fingerprint density at radius 2 is 1.93 bits per heavy atom. The SMILES string of the molecule is CC(C)(C)C(=O)c1ccc(N)c(Cl)c1. The van der Waals surface area contributed by atoms with Crippen LogP contribution in [0.1, 0.15) is 31.1 Å². The molecule has 1 aromatic rings. The minimum atomic E-state index is -0.389. The molecule has 0 saturated carbocycles. The third-order valence-electron chi connectivity index (χ3n) is 1.94. The zero-order chi connectivity index (χ0) is 10.9. The molecule has 0 aliphatic carbocycles. The first-order chi connectivity index (χ1) is 6.32. The molecule has 0 unspecified atom stereocenters. The van der Waals surface area contributed by atoms with Crippen LogP contribution in [0.4, 0.5) is 5.69 Å². The van der Waals surface area contributed by atoms with Gasteiger partial charge in [0.25, 0.3) is 0 Å². The normalized spacial score (nSPS) is 11.4. The van der Waals surface area contributed by atoms with E-state index in [0.29, 0.717) is 16.3 Å². The molecule has 0 aliphatic rings. The summed E-state index contributed by atoms with van der Waals surface area (Å²) in [4.78, 5) is 11.8. The van der Waals surface area contributed by atoms with Crippen molar-refractivity contribution >= 4 is 23.1 Å². The Hall–Kier alpha value is -1.02. The Bertz CT molecular complexity index is 366. The quantitative estimate of drug-likeness (QED) is 0.573. The summed E-state index contributed by atoms with van der Waals surface area (Å²) in [5.74, 6) is 0.0689. The summed E-state index contributed by atoms with van der Waals surface area (Å²) in [5, 5.41) is 0.431. The third-order valence-corrected chi connectivity index (χ3v) is 2.27. The zero-order valence-corrected chi connectivity index (χ0v) is 9.35. The van der Waals surface area contributed by atoms with Crippen molar-refractivity contribution in [1.82, 2.24) is 0 Å². The summed E-state index contributed by atoms with van der Waals surface area (Å²) < 4.78 is 0. The number of rotatable bonds is 1. The molecule has 3 heteroatoms. The predicted octanol–water partition coefficient (Wildman–Crippen LogP) is 3.15. The molecule has 1 aromatic carbocycles. The van der Waals surface area contributed by atoms with Crippen molar-refractivity contribution in [1.29, 1.82) is 0 Å². The molecule has 0 spiro atoms. The molecule has 14 heavy (non-hydrogen) atoms. The lowest BCUT2D eigenvalue weighted by Crippen LogP contribution is -2.20. The van der Waals surface area contributed by atoms with Crippen LogP contribution in [0.5, 0.6) is 0 Å².